The molecule has 4 rings (SSSR count). The lowest BCUT2D eigenvalue weighted by atomic mass is 10.0. The number of piperazine rings is 1. The van der Waals surface area contributed by atoms with Crippen LogP contribution in [0.15, 0.2) is 32.9 Å². The van der Waals surface area contributed by atoms with Gasteiger partial charge in [-0.05, 0) is 37.5 Å². The highest BCUT2D eigenvalue weighted by Gasteiger charge is 2.31. The molecule has 10 nitrogen and oxygen atoms in total. The summed E-state index contributed by atoms with van der Waals surface area (Å²) in [6, 6.07) is 4.53. The third-order valence-corrected chi connectivity index (χ3v) is 8.69. The van der Waals surface area contributed by atoms with Crippen molar-refractivity contribution in [3.63, 3.8) is 0 Å². The van der Waals surface area contributed by atoms with E-state index in [9.17, 15) is 18.3 Å². The van der Waals surface area contributed by atoms with Gasteiger partial charge < -0.3 is 14.8 Å². The Labute approximate surface area is 218 Å². The average molecular weight is 532 g/mol. The van der Waals surface area contributed by atoms with Crippen LogP contribution in [0, 0.1) is 0 Å². The summed E-state index contributed by atoms with van der Waals surface area (Å²) in [5.74, 6) is 0.746. The minimum absolute atomic E-state index is 0.0466. The topological polar surface area (TPSA) is 128 Å². The second-order valence-electron chi connectivity index (χ2n) is 9.40. The fraction of sp³-hybridized carbons (Fsp3) is 0.577. The molecule has 2 aliphatic rings. The Bertz CT molecular complexity index is 1300. The summed E-state index contributed by atoms with van der Waals surface area (Å²) in [6.45, 7) is 8.86. The van der Waals surface area contributed by atoms with Gasteiger partial charge in [-0.15, -0.1) is 0 Å². The normalized spacial score (nSPS) is 18.6. The van der Waals surface area contributed by atoms with Gasteiger partial charge in [0, 0.05) is 32.7 Å². The van der Waals surface area contributed by atoms with E-state index in [2.05, 4.69) is 11.9 Å². The van der Waals surface area contributed by atoms with Gasteiger partial charge in [0.2, 0.25) is 10.0 Å². The number of nitrogens with one attached hydrogen (secondary N) is 1. The lowest BCUT2D eigenvalue weighted by Gasteiger charge is -2.33. The van der Waals surface area contributed by atoms with Crippen molar-refractivity contribution >= 4 is 15.7 Å². The summed E-state index contributed by atoms with van der Waals surface area (Å²) in [4.78, 5) is 27.8. The van der Waals surface area contributed by atoms with Crippen LogP contribution in [0.2, 0.25) is 0 Å². The van der Waals surface area contributed by atoms with Crippen molar-refractivity contribution in [2.45, 2.75) is 57.4 Å². The zero-order chi connectivity index (χ0) is 26.6. The number of β-amino-alcohol motifs (C(OH)–C–C–N with tert-alkyl or cyclic N) is 1. The van der Waals surface area contributed by atoms with Crippen LogP contribution >= 0.6 is 0 Å². The molecule has 0 bridgehead atoms. The Hall–Kier alpha value is -2.60. The number of H-pyrrole nitrogens is 1. The van der Waals surface area contributed by atoms with Gasteiger partial charge >= 0.3 is 0 Å². The Kier molecular flexibility index (Phi) is 8.79. The Balaban J connectivity index is 1.75. The number of nitrogens with zero attached hydrogens (tertiary/aromatic N) is 4. The number of aliphatic hydroxyl groups is 1. The molecule has 1 saturated heterocycles. The van der Waals surface area contributed by atoms with E-state index in [-0.39, 0.29) is 28.9 Å². The Morgan fingerprint density at radius 3 is 2.54 bits per heavy atom. The van der Waals surface area contributed by atoms with E-state index >= 15 is 0 Å². The van der Waals surface area contributed by atoms with E-state index in [0.717, 1.165) is 25.0 Å². The number of hydrogen-bond donors (Lipinski definition) is 2. The molecule has 1 aromatic heterocycles. The van der Waals surface area contributed by atoms with Crippen molar-refractivity contribution in [2.75, 3.05) is 45.9 Å². The Morgan fingerprint density at radius 2 is 1.89 bits per heavy atom. The highest BCUT2D eigenvalue weighted by molar-refractivity contribution is 7.89. The third-order valence-electron chi connectivity index (χ3n) is 6.80. The number of sulfonamides is 1. The van der Waals surface area contributed by atoms with Crippen LogP contribution in [0.4, 0.5) is 0 Å². The maximum absolute atomic E-state index is 13.5. The molecule has 1 aromatic carbocycles. The molecule has 0 spiro atoms. The largest absolute Gasteiger partial charge is 0.493 e. The summed E-state index contributed by atoms with van der Waals surface area (Å²) in [5.41, 5.74) is 2.18. The van der Waals surface area contributed by atoms with Gasteiger partial charge in [0.1, 0.15) is 11.6 Å². The molecule has 2 aliphatic heterocycles. The molecule has 2 N–H and O–H groups in total. The summed E-state index contributed by atoms with van der Waals surface area (Å²) in [5, 5.41) is 9.18. The number of fused-ring (bicyclic) bond motifs is 1. The maximum Gasteiger partial charge on any atom is 0.257 e. The third kappa shape index (κ3) is 5.64. The van der Waals surface area contributed by atoms with Gasteiger partial charge in [-0.2, -0.15) is 4.31 Å². The molecular weight excluding hydrogens is 494 g/mol. The second kappa shape index (κ2) is 11.8. The molecule has 1 unspecified atom stereocenters. The molecule has 3 heterocycles. The summed E-state index contributed by atoms with van der Waals surface area (Å²) in [6.07, 6.45) is 3.07. The van der Waals surface area contributed by atoms with Crippen molar-refractivity contribution in [2.24, 2.45) is 4.99 Å². The van der Waals surface area contributed by atoms with Crippen LogP contribution in [0.25, 0.3) is 11.4 Å². The van der Waals surface area contributed by atoms with E-state index in [1.807, 2.05) is 18.7 Å². The highest BCUT2D eigenvalue weighted by Crippen LogP contribution is 2.35. The van der Waals surface area contributed by atoms with Crippen molar-refractivity contribution in [1.29, 1.82) is 0 Å². The zero-order valence-corrected chi connectivity index (χ0v) is 22.7. The molecule has 11 heteroatoms. The molecule has 202 valence electrons. The van der Waals surface area contributed by atoms with Crippen LogP contribution in [-0.4, -0.2) is 84.3 Å². The van der Waals surface area contributed by atoms with E-state index in [0.29, 0.717) is 68.3 Å². The van der Waals surface area contributed by atoms with Crippen molar-refractivity contribution in [3.8, 4) is 17.1 Å². The quantitative estimate of drug-likeness (QED) is 0.456. The average Bonchev–Trinajstić information content (AvgIpc) is 3.26. The first-order valence-electron chi connectivity index (χ1n) is 13.2. The molecular formula is C26H37N5O5S. The van der Waals surface area contributed by atoms with Gasteiger partial charge in [0.05, 0.1) is 46.7 Å². The van der Waals surface area contributed by atoms with Crippen LogP contribution in [0.5, 0.6) is 5.75 Å². The van der Waals surface area contributed by atoms with Crippen molar-refractivity contribution in [3.05, 3.63) is 39.8 Å². The molecule has 0 saturated carbocycles. The highest BCUT2D eigenvalue weighted by atomic mass is 32.2. The van der Waals surface area contributed by atoms with Crippen LogP contribution < -0.4 is 10.3 Å². The van der Waals surface area contributed by atoms with Crippen LogP contribution in [0.1, 0.15) is 63.8 Å². The predicted octanol–water partition coefficient (Wildman–Crippen LogP) is 2.58. The van der Waals surface area contributed by atoms with Crippen molar-refractivity contribution < 1.29 is 18.3 Å². The molecule has 0 amide bonds. The minimum Gasteiger partial charge on any atom is -0.493 e. The number of aliphatic imine (C=N–C) groups is 1. The van der Waals surface area contributed by atoms with Gasteiger partial charge in [-0.3, -0.25) is 14.7 Å². The van der Waals surface area contributed by atoms with E-state index in [1.54, 1.807) is 18.2 Å². The van der Waals surface area contributed by atoms with Gasteiger partial charge in [-0.1, -0.05) is 27.2 Å². The number of rotatable bonds is 11. The van der Waals surface area contributed by atoms with Crippen molar-refractivity contribution in [1.82, 2.24) is 19.2 Å². The Morgan fingerprint density at radius 1 is 1.14 bits per heavy atom. The van der Waals surface area contributed by atoms with Gasteiger partial charge in [0.25, 0.3) is 5.56 Å². The number of aliphatic hydroxyl groups excluding tert-OH is 1. The first kappa shape index (κ1) is 27.4. The smallest absolute Gasteiger partial charge is 0.257 e. The van der Waals surface area contributed by atoms with E-state index in [1.165, 1.54) is 4.31 Å². The first-order chi connectivity index (χ1) is 17.8. The summed E-state index contributed by atoms with van der Waals surface area (Å²) >= 11 is 0. The summed E-state index contributed by atoms with van der Waals surface area (Å²) in [7, 11) is -3.78. The molecule has 0 radical (unpaired) electrons. The van der Waals surface area contributed by atoms with Gasteiger partial charge in [-0.25, -0.2) is 13.4 Å². The maximum atomic E-state index is 13.5. The number of aromatic nitrogens is 2. The standard InChI is InChI=1S/C26H37N5O5S/c1-4-7-21-24-23(20(6-3)27-21)26(33)29-25(28-24)19-17-18(8-9-22(19)36-16-5-2)37(34,35)31-12-10-30(11-13-31)14-15-32/h8-9,17,20,32H,4-7,10-16H2,1-3H3,(H,28,29,33). The van der Waals surface area contributed by atoms with E-state index < -0.39 is 10.0 Å². The number of aromatic amines is 1. The molecule has 2 aromatic rings. The number of hydrogen-bond acceptors (Lipinski definition) is 8. The number of ether oxygens (including phenoxy) is 1. The first-order valence-corrected chi connectivity index (χ1v) is 14.6. The van der Waals surface area contributed by atoms with Crippen LogP contribution in [0.3, 0.4) is 0 Å². The minimum atomic E-state index is -3.78. The zero-order valence-electron chi connectivity index (χ0n) is 21.9. The van der Waals surface area contributed by atoms with E-state index in [4.69, 9.17) is 14.7 Å². The summed E-state index contributed by atoms with van der Waals surface area (Å²) < 4.78 is 34.5. The lowest BCUT2D eigenvalue weighted by Crippen LogP contribution is -2.49. The fourth-order valence-corrected chi connectivity index (χ4v) is 6.29. The van der Waals surface area contributed by atoms with Gasteiger partial charge in [0.15, 0.2) is 0 Å². The predicted molar refractivity (Wildman–Crippen MR) is 143 cm³/mol. The molecule has 0 aliphatic carbocycles. The molecule has 1 atom stereocenters. The SMILES string of the molecule is CCCOc1ccc(S(=O)(=O)N2CCN(CCO)CC2)cc1-c1nc2c(c(=O)[nH]1)C(CC)N=C2CCC. The number of benzene rings is 1. The molecule has 1 fully saturated rings. The molecule has 37 heavy (non-hydrogen) atoms. The second-order valence-corrected chi connectivity index (χ2v) is 11.3. The monoisotopic (exact) mass is 531 g/mol. The van der Waals surface area contributed by atoms with Crippen LogP contribution in [-0.2, 0) is 10.0 Å². The lowest BCUT2D eigenvalue weighted by molar-refractivity contribution is 0.151. The fourth-order valence-electron chi connectivity index (χ4n) is 4.84.